The normalized spacial score (nSPS) is 18.1. The number of benzene rings is 1. The summed E-state index contributed by atoms with van der Waals surface area (Å²) in [5.74, 6) is 0. The predicted octanol–water partition coefficient (Wildman–Crippen LogP) is 5.37. The molecule has 2 atom stereocenters. The molecular weight excluding hydrogens is 414 g/mol. The zero-order chi connectivity index (χ0) is 22.2. The smallest absolute Gasteiger partial charge is 0.174 e. The van der Waals surface area contributed by atoms with Crippen LogP contribution in [-0.4, -0.2) is 19.6 Å². The molecule has 0 spiro atoms. The Morgan fingerprint density at radius 1 is 0.875 bits per heavy atom. The van der Waals surface area contributed by atoms with Gasteiger partial charge in [-0.1, -0.05) is 12.1 Å². The molecule has 160 valence electrons. The van der Waals surface area contributed by atoms with E-state index in [9.17, 15) is 0 Å². The summed E-state index contributed by atoms with van der Waals surface area (Å²) in [6.45, 7) is 6.39. The first-order valence-corrected chi connectivity index (χ1v) is 11.1. The van der Waals surface area contributed by atoms with Gasteiger partial charge in [0.25, 0.3) is 0 Å². The monoisotopic (exact) mass is 439 g/mol. The number of hydrogen-bond acceptors (Lipinski definition) is 3. The van der Waals surface area contributed by atoms with Gasteiger partial charge in [0, 0.05) is 29.5 Å². The summed E-state index contributed by atoms with van der Waals surface area (Å²) in [5, 5.41) is 4.25. The molecule has 0 radical (unpaired) electrons. The van der Waals surface area contributed by atoms with Crippen LogP contribution in [0.1, 0.15) is 40.3 Å². The van der Waals surface area contributed by atoms with Crippen molar-refractivity contribution in [2.45, 2.75) is 32.9 Å². The number of pyridine rings is 2. The van der Waals surface area contributed by atoms with Gasteiger partial charge in [0.1, 0.15) is 6.04 Å². The molecular formula is C26H25N5S. The van der Waals surface area contributed by atoms with Crippen molar-refractivity contribution in [3.8, 4) is 5.69 Å². The Labute approximate surface area is 193 Å². The van der Waals surface area contributed by atoms with Gasteiger partial charge in [0.2, 0.25) is 0 Å². The lowest BCUT2D eigenvalue weighted by atomic mass is 10.00. The van der Waals surface area contributed by atoms with Crippen LogP contribution in [0.5, 0.6) is 0 Å². The highest BCUT2D eigenvalue weighted by molar-refractivity contribution is 7.80. The molecule has 1 aliphatic heterocycles. The predicted molar refractivity (Wildman–Crippen MR) is 132 cm³/mol. The van der Waals surface area contributed by atoms with E-state index in [0.717, 1.165) is 28.5 Å². The zero-order valence-electron chi connectivity index (χ0n) is 18.4. The van der Waals surface area contributed by atoms with Crippen molar-refractivity contribution >= 4 is 23.0 Å². The Hall–Kier alpha value is -3.51. The highest BCUT2D eigenvalue weighted by Gasteiger charge is 2.42. The summed E-state index contributed by atoms with van der Waals surface area (Å²) in [7, 11) is 0. The second kappa shape index (κ2) is 8.20. The molecule has 0 amide bonds. The molecule has 0 aliphatic carbocycles. The average molecular weight is 440 g/mol. The molecule has 1 N–H and O–H groups in total. The van der Waals surface area contributed by atoms with Gasteiger partial charge in [-0.05, 0) is 92.6 Å². The van der Waals surface area contributed by atoms with E-state index < -0.39 is 0 Å². The quantitative estimate of drug-likeness (QED) is 0.433. The van der Waals surface area contributed by atoms with Gasteiger partial charge in [0.15, 0.2) is 5.11 Å². The van der Waals surface area contributed by atoms with Crippen molar-refractivity contribution in [1.29, 1.82) is 0 Å². The van der Waals surface area contributed by atoms with E-state index in [4.69, 9.17) is 12.2 Å². The number of thiocarbonyl (C=S) groups is 1. The van der Waals surface area contributed by atoms with E-state index >= 15 is 0 Å². The molecule has 0 bridgehead atoms. The maximum atomic E-state index is 5.88. The molecule has 5 nitrogen and oxygen atoms in total. The Bertz CT molecular complexity index is 1270. The van der Waals surface area contributed by atoms with Gasteiger partial charge in [-0.15, -0.1) is 0 Å². The molecule has 1 aliphatic rings. The molecule has 4 aromatic rings. The van der Waals surface area contributed by atoms with Gasteiger partial charge in [-0.3, -0.25) is 9.97 Å². The SMILES string of the molecule is Cc1ccc(N2C(=S)N[C@@H](c3ccccn3)[C@H]2c2ccc(C)n2-c2cccnc2)cc1C. The summed E-state index contributed by atoms with van der Waals surface area (Å²) in [4.78, 5) is 11.2. The lowest BCUT2D eigenvalue weighted by Crippen LogP contribution is -2.30. The fourth-order valence-corrected chi connectivity index (χ4v) is 4.78. The molecule has 6 heteroatoms. The van der Waals surface area contributed by atoms with Gasteiger partial charge in [0.05, 0.1) is 23.6 Å². The fraction of sp³-hybridized carbons (Fsp3) is 0.192. The van der Waals surface area contributed by atoms with Gasteiger partial charge in [-0.25, -0.2) is 0 Å². The van der Waals surface area contributed by atoms with Crippen LogP contribution < -0.4 is 10.2 Å². The minimum absolute atomic E-state index is 0.0755. The third-order valence-corrected chi connectivity index (χ3v) is 6.49. The van der Waals surface area contributed by atoms with E-state index in [-0.39, 0.29) is 12.1 Å². The number of rotatable bonds is 4. The second-order valence-corrected chi connectivity index (χ2v) is 8.60. The number of nitrogens with zero attached hydrogens (tertiary/aromatic N) is 4. The van der Waals surface area contributed by atoms with Crippen LogP contribution in [0.4, 0.5) is 5.69 Å². The van der Waals surface area contributed by atoms with Crippen molar-refractivity contribution in [2.75, 3.05) is 4.90 Å². The molecule has 4 heterocycles. The maximum absolute atomic E-state index is 5.88. The first-order valence-electron chi connectivity index (χ1n) is 10.7. The largest absolute Gasteiger partial charge is 0.351 e. The maximum Gasteiger partial charge on any atom is 0.174 e. The molecule has 1 aromatic carbocycles. The zero-order valence-corrected chi connectivity index (χ0v) is 19.2. The summed E-state index contributed by atoms with van der Waals surface area (Å²) in [6.07, 6.45) is 5.53. The standard InChI is InChI=1S/C26H25N5S/c1-17-9-11-20(15-18(17)2)31-25(24(29-26(31)32)22-8-4-5-14-28-22)23-12-10-19(3)30(23)21-7-6-13-27-16-21/h4-16,24-25H,1-3H3,(H,29,32)/t24-,25+/m0/s1. The molecule has 1 fully saturated rings. The summed E-state index contributed by atoms with van der Waals surface area (Å²) < 4.78 is 2.26. The van der Waals surface area contributed by atoms with Crippen LogP contribution >= 0.6 is 12.2 Å². The highest BCUT2D eigenvalue weighted by Crippen LogP contribution is 2.43. The number of aromatic nitrogens is 3. The van der Waals surface area contributed by atoms with E-state index in [1.54, 1.807) is 6.20 Å². The van der Waals surface area contributed by atoms with Crippen molar-refractivity contribution in [1.82, 2.24) is 19.9 Å². The minimum atomic E-state index is -0.0879. The minimum Gasteiger partial charge on any atom is -0.351 e. The lowest BCUT2D eigenvalue weighted by molar-refractivity contribution is 0.548. The first kappa shape index (κ1) is 20.4. The third kappa shape index (κ3) is 3.46. The Morgan fingerprint density at radius 2 is 1.75 bits per heavy atom. The molecule has 3 aromatic heterocycles. The van der Waals surface area contributed by atoms with E-state index in [1.807, 2.05) is 30.6 Å². The highest BCUT2D eigenvalue weighted by atomic mass is 32.1. The van der Waals surface area contributed by atoms with Crippen LogP contribution in [0.25, 0.3) is 5.69 Å². The van der Waals surface area contributed by atoms with Crippen LogP contribution in [0.15, 0.2) is 79.3 Å². The number of anilines is 1. The van der Waals surface area contributed by atoms with E-state index in [0.29, 0.717) is 5.11 Å². The van der Waals surface area contributed by atoms with E-state index in [2.05, 4.69) is 88.0 Å². The topological polar surface area (TPSA) is 46.0 Å². The Morgan fingerprint density at radius 3 is 2.47 bits per heavy atom. The van der Waals surface area contributed by atoms with Crippen molar-refractivity contribution < 1.29 is 0 Å². The van der Waals surface area contributed by atoms with E-state index in [1.165, 1.54) is 11.1 Å². The average Bonchev–Trinajstić information content (AvgIpc) is 3.36. The van der Waals surface area contributed by atoms with Crippen LogP contribution in [0, 0.1) is 20.8 Å². The molecule has 0 saturated carbocycles. The number of hydrogen-bond donors (Lipinski definition) is 1. The fourth-order valence-electron chi connectivity index (χ4n) is 4.44. The Balaban J connectivity index is 1.71. The van der Waals surface area contributed by atoms with Crippen molar-refractivity contribution in [3.63, 3.8) is 0 Å². The lowest BCUT2D eigenvalue weighted by Gasteiger charge is -2.29. The first-order chi connectivity index (χ1) is 15.5. The number of aryl methyl sites for hydroxylation is 3. The van der Waals surface area contributed by atoms with Crippen LogP contribution in [0.2, 0.25) is 0 Å². The third-order valence-electron chi connectivity index (χ3n) is 6.18. The number of nitrogens with one attached hydrogen (secondary N) is 1. The van der Waals surface area contributed by atoms with Gasteiger partial charge < -0.3 is 14.8 Å². The van der Waals surface area contributed by atoms with Gasteiger partial charge in [-0.2, -0.15) is 0 Å². The summed E-state index contributed by atoms with van der Waals surface area (Å²) in [5.41, 5.74) is 7.85. The molecule has 1 saturated heterocycles. The molecule has 32 heavy (non-hydrogen) atoms. The molecule has 5 rings (SSSR count). The molecule has 0 unspecified atom stereocenters. The Kier molecular flexibility index (Phi) is 5.23. The van der Waals surface area contributed by atoms with Crippen LogP contribution in [-0.2, 0) is 0 Å². The van der Waals surface area contributed by atoms with Crippen molar-refractivity contribution in [2.24, 2.45) is 0 Å². The van der Waals surface area contributed by atoms with Crippen LogP contribution in [0.3, 0.4) is 0 Å². The van der Waals surface area contributed by atoms with Gasteiger partial charge >= 0.3 is 0 Å². The second-order valence-electron chi connectivity index (χ2n) is 8.21. The summed E-state index contributed by atoms with van der Waals surface area (Å²) in [6, 6.07) is 20.8. The summed E-state index contributed by atoms with van der Waals surface area (Å²) >= 11 is 5.88. The van der Waals surface area contributed by atoms with Crippen molar-refractivity contribution in [3.05, 3.63) is 107 Å².